The lowest BCUT2D eigenvalue weighted by Gasteiger charge is -2.31. The molecule has 1 saturated heterocycles. The number of amides is 1. The first-order chi connectivity index (χ1) is 15.6. The third-order valence-electron chi connectivity index (χ3n) is 5.78. The molecule has 2 heterocycles. The van der Waals surface area contributed by atoms with E-state index >= 15 is 0 Å². The number of hydrogen-bond donors (Lipinski definition) is 0. The van der Waals surface area contributed by atoms with Gasteiger partial charge in [0.05, 0.1) is 33.3 Å². The predicted octanol–water partition coefficient (Wildman–Crippen LogP) is 4.18. The highest BCUT2D eigenvalue weighted by Crippen LogP contribution is 2.36. The van der Waals surface area contributed by atoms with E-state index in [1.165, 1.54) is 0 Å². The number of carbonyl (C=O) groups excluding carboxylic acids is 1. The largest absolute Gasteiger partial charge is 0.496 e. The number of piperidine rings is 1. The first-order valence-corrected chi connectivity index (χ1v) is 11.4. The summed E-state index contributed by atoms with van der Waals surface area (Å²) < 4.78 is 16.1. The van der Waals surface area contributed by atoms with Crippen molar-refractivity contribution in [3.05, 3.63) is 53.0 Å². The van der Waals surface area contributed by atoms with Crippen LogP contribution < -0.4 is 14.2 Å². The van der Waals surface area contributed by atoms with Crippen molar-refractivity contribution in [1.29, 1.82) is 0 Å². The van der Waals surface area contributed by atoms with Gasteiger partial charge in [0.1, 0.15) is 10.8 Å². The summed E-state index contributed by atoms with van der Waals surface area (Å²) in [6.07, 6.45) is 2.12. The molecule has 0 bridgehead atoms. The molecule has 168 valence electrons. The molecule has 0 aliphatic carbocycles. The molecule has 4 rings (SSSR count). The number of benzene rings is 2. The first kappa shape index (κ1) is 22.1. The number of ether oxygens (including phenoxy) is 3. The number of nitrogens with zero attached hydrogens (tertiary/aromatic N) is 3. The minimum absolute atomic E-state index is 0.127. The number of hydrogen-bond acceptors (Lipinski definition) is 7. The normalized spacial score (nSPS) is 14.3. The molecule has 0 saturated carbocycles. The van der Waals surface area contributed by atoms with Crippen LogP contribution >= 0.6 is 11.3 Å². The molecular weight excluding hydrogens is 426 g/mol. The Bertz CT molecular complexity index is 1080. The van der Waals surface area contributed by atoms with E-state index in [0.717, 1.165) is 52.8 Å². The fourth-order valence-corrected chi connectivity index (χ4v) is 5.02. The second-order valence-corrected chi connectivity index (χ2v) is 8.68. The average Bonchev–Trinajstić information content (AvgIpc) is 3.34. The minimum Gasteiger partial charge on any atom is -0.496 e. The van der Waals surface area contributed by atoms with Crippen molar-refractivity contribution >= 4 is 17.2 Å². The van der Waals surface area contributed by atoms with Gasteiger partial charge in [-0.15, -0.1) is 10.2 Å². The van der Waals surface area contributed by atoms with Gasteiger partial charge >= 0.3 is 0 Å². The summed E-state index contributed by atoms with van der Waals surface area (Å²) in [7, 11) is 4.86. The third kappa shape index (κ3) is 4.70. The molecule has 8 heteroatoms. The Labute approximate surface area is 191 Å². The molecule has 32 heavy (non-hydrogen) atoms. The van der Waals surface area contributed by atoms with Gasteiger partial charge in [-0.2, -0.15) is 0 Å². The number of rotatable bonds is 7. The second kappa shape index (κ2) is 9.99. The van der Waals surface area contributed by atoms with Crippen molar-refractivity contribution in [3.63, 3.8) is 0 Å². The van der Waals surface area contributed by atoms with Crippen LogP contribution in [0.2, 0.25) is 0 Å². The van der Waals surface area contributed by atoms with Gasteiger partial charge in [-0.1, -0.05) is 29.5 Å². The predicted molar refractivity (Wildman–Crippen MR) is 124 cm³/mol. The number of carbonyl (C=O) groups is 1. The van der Waals surface area contributed by atoms with Crippen LogP contribution in [0.15, 0.2) is 42.5 Å². The molecule has 1 amide bonds. The van der Waals surface area contributed by atoms with Gasteiger partial charge in [-0.3, -0.25) is 4.79 Å². The van der Waals surface area contributed by atoms with Crippen LogP contribution in [0.1, 0.15) is 29.3 Å². The molecule has 0 N–H and O–H groups in total. The van der Waals surface area contributed by atoms with Crippen LogP contribution in [-0.2, 0) is 11.2 Å². The standard InChI is InChI=1S/C24H27N3O4S/c1-29-19-7-5-4-6-18(19)24-26-25-23(32-24)17-10-12-27(13-11-17)22(28)15-16-8-9-20(30-2)21(14-16)31-3/h4-9,14,17H,10-13,15H2,1-3H3. The van der Waals surface area contributed by atoms with E-state index in [1.807, 2.05) is 47.4 Å². The van der Waals surface area contributed by atoms with E-state index < -0.39 is 0 Å². The Kier molecular flexibility index (Phi) is 6.90. The van der Waals surface area contributed by atoms with Crippen LogP contribution in [0.25, 0.3) is 10.6 Å². The monoisotopic (exact) mass is 453 g/mol. The Morgan fingerprint density at radius 3 is 2.41 bits per heavy atom. The summed E-state index contributed by atoms with van der Waals surface area (Å²) in [6.45, 7) is 1.45. The van der Waals surface area contributed by atoms with Crippen molar-refractivity contribution in [3.8, 4) is 27.8 Å². The van der Waals surface area contributed by atoms with Gasteiger partial charge in [0.2, 0.25) is 5.91 Å². The van der Waals surface area contributed by atoms with E-state index in [0.29, 0.717) is 23.8 Å². The summed E-state index contributed by atoms with van der Waals surface area (Å²) in [6, 6.07) is 13.5. The van der Waals surface area contributed by atoms with E-state index in [1.54, 1.807) is 32.7 Å². The summed E-state index contributed by atoms with van der Waals surface area (Å²) in [5.74, 6) is 2.54. The molecule has 1 aliphatic rings. The Morgan fingerprint density at radius 2 is 1.69 bits per heavy atom. The van der Waals surface area contributed by atoms with Crippen LogP contribution in [-0.4, -0.2) is 55.4 Å². The van der Waals surface area contributed by atoms with Gasteiger partial charge in [-0.25, -0.2) is 0 Å². The highest BCUT2D eigenvalue weighted by molar-refractivity contribution is 7.14. The Hall–Kier alpha value is -3.13. The highest BCUT2D eigenvalue weighted by atomic mass is 32.1. The zero-order valence-electron chi connectivity index (χ0n) is 18.5. The van der Waals surface area contributed by atoms with Gasteiger partial charge < -0.3 is 19.1 Å². The molecule has 0 radical (unpaired) electrons. The quantitative estimate of drug-likeness (QED) is 0.534. The van der Waals surface area contributed by atoms with Gasteiger partial charge in [0.25, 0.3) is 0 Å². The Morgan fingerprint density at radius 1 is 0.969 bits per heavy atom. The fraction of sp³-hybridized carbons (Fsp3) is 0.375. The molecule has 1 fully saturated rings. The fourth-order valence-electron chi connectivity index (χ4n) is 3.98. The maximum absolute atomic E-state index is 12.8. The molecule has 0 spiro atoms. The van der Waals surface area contributed by atoms with Crippen LogP contribution in [0.3, 0.4) is 0 Å². The topological polar surface area (TPSA) is 73.8 Å². The lowest BCUT2D eigenvalue weighted by atomic mass is 9.97. The molecule has 2 aromatic carbocycles. The number of aromatic nitrogens is 2. The van der Waals surface area contributed by atoms with E-state index in [9.17, 15) is 4.79 Å². The van der Waals surface area contributed by atoms with Gasteiger partial charge in [0, 0.05) is 19.0 Å². The molecule has 3 aromatic rings. The lowest BCUT2D eigenvalue weighted by Crippen LogP contribution is -2.38. The maximum atomic E-state index is 12.8. The van der Waals surface area contributed by atoms with Crippen LogP contribution in [0.5, 0.6) is 17.2 Å². The van der Waals surface area contributed by atoms with E-state index in [-0.39, 0.29) is 5.91 Å². The van der Waals surface area contributed by atoms with Crippen molar-refractivity contribution in [2.75, 3.05) is 34.4 Å². The zero-order valence-corrected chi connectivity index (χ0v) is 19.4. The second-order valence-electron chi connectivity index (χ2n) is 7.67. The average molecular weight is 454 g/mol. The maximum Gasteiger partial charge on any atom is 0.226 e. The van der Waals surface area contributed by atoms with Crippen molar-refractivity contribution in [2.24, 2.45) is 0 Å². The summed E-state index contributed by atoms with van der Waals surface area (Å²) in [5, 5.41) is 10.7. The molecule has 1 aromatic heterocycles. The molecular formula is C24H27N3O4S. The van der Waals surface area contributed by atoms with Crippen LogP contribution in [0, 0.1) is 0 Å². The molecule has 7 nitrogen and oxygen atoms in total. The third-order valence-corrected chi connectivity index (χ3v) is 6.90. The molecule has 0 atom stereocenters. The SMILES string of the molecule is COc1ccc(CC(=O)N2CCC(c3nnc(-c4ccccc4OC)s3)CC2)cc1OC. The summed E-state index contributed by atoms with van der Waals surface area (Å²) in [5.41, 5.74) is 1.88. The van der Waals surface area contributed by atoms with Crippen molar-refractivity contribution in [1.82, 2.24) is 15.1 Å². The van der Waals surface area contributed by atoms with Gasteiger partial charge in [-0.05, 0) is 42.7 Å². The Balaban J connectivity index is 1.36. The van der Waals surface area contributed by atoms with E-state index in [4.69, 9.17) is 14.2 Å². The smallest absolute Gasteiger partial charge is 0.226 e. The highest BCUT2D eigenvalue weighted by Gasteiger charge is 2.27. The zero-order chi connectivity index (χ0) is 22.5. The van der Waals surface area contributed by atoms with Crippen molar-refractivity contribution < 1.29 is 19.0 Å². The summed E-state index contributed by atoms with van der Waals surface area (Å²) >= 11 is 1.61. The van der Waals surface area contributed by atoms with Crippen LogP contribution in [0.4, 0.5) is 0 Å². The first-order valence-electron chi connectivity index (χ1n) is 10.6. The lowest BCUT2D eigenvalue weighted by molar-refractivity contribution is -0.131. The summed E-state index contributed by atoms with van der Waals surface area (Å²) in [4.78, 5) is 14.8. The minimum atomic E-state index is 0.127. The number of likely N-dealkylation sites (tertiary alicyclic amines) is 1. The van der Waals surface area contributed by atoms with Crippen molar-refractivity contribution in [2.45, 2.75) is 25.2 Å². The number of para-hydroxylation sites is 1. The van der Waals surface area contributed by atoms with E-state index in [2.05, 4.69) is 10.2 Å². The van der Waals surface area contributed by atoms with Gasteiger partial charge in [0.15, 0.2) is 16.5 Å². The number of methoxy groups -OCH3 is 3. The molecule has 1 aliphatic heterocycles. The molecule has 0 unspecified atom stereocenters.